The minimum atomic E-state index is -0.251. The number of benzene rings is 2. The second-order valence-electron chi connectivity index (χ2n) is 5.52. The van der Waals surface area contributed by atoms with Crippen LogP contribution in [0.4, 0.5) is 10.8 Å². The predicted molar refractivity (Wildman–Crippen MR) is 99.6 cm³/mol. The second kappa shape index (κ2) is 6.90. The lowest BCUT2D eigenvalue weighted by Crippen LogP contribution is -2.11. The van der Waals surface area contributed by atoms with Gasteiger partial charge < -0.3 is 10.1 Å². The minimum absolute atomic E-state index is 0.134. The molecule has 3 aromatic rings. The summed E-state index contributed by atoms with van der Waals surface area (Å²) < 4.78 is 6.13. The van der Waals surface area contributed by atoms with E-state index in [-0.39, 0.29) is 11.8 Å². The van der Waals surface area contributed by atoms with Crippen LogP contribution in [0.1, 0.15) is 22.8 Å². The van der Waals surface area contributed by atoms with E-state index in [9.17, 15) is 9.59 Å². The number of carbonyl (C=O) groups excluding carboxylic acids is 2. The fraction of sp³-hybridized carbons (Fsp3) is 0.167. The van der Waals surface area contributed by atoms with Gasteiger partial charge in [0, 0.05) is 18.2 Å². The summed E-state index contributed by atoms with van der Waals surface area (Å²) in [7, 11) is 1.57. The monoisotopic (exact) mass is 355 g/mol. The number of nitrogens with one attached hydrogen (secondary N) is 2. The molecule has 3 rings (SSSR count). The smallest absolute Gasteiger partial charge is 0.257 e. The average Bonchev–Trinajstić information content (AvgIpc) is 2.96. The van der Waals surface area contributed by atoms with Gasteiger partial charge in [-0.25, -0.2) is 4.98 Å². The minimum Gasteiger partial charge on any atom is -0.496 e. The van der Waals surface area contributed by atoms with Gasteiger partial charge in [0.1, 0.15) is 5.75 Å². The quantitative estimate of drug-likeness (QED) is 0.745. The maximum Gasteiger partial charge on any atom is 0.257 e. The number of hydrogen-bond acceptors (Lipinski definition) is 5. The van der Waals surface area contributed by atoms with Crippen molar-refractivity contribution < 1.29 is 14.3 Å². The number of anilines is 2. The Labute approximate surface area is 148 Å². The SMILES string of the molecule is COc1cc(C(=O)Nc2nc3ccc(NC(C)=O)cc3s2)ccc1C. The number of amides is 2. The molecule has 0 spiro atoms. The molecule has 2 N–H and O–H groups in total. The van der Waals surface area contributed by atoms with Crippen LogP contribution in [-0.4, -0.2) is 23.9 Å². The lowest BCUT2D eigenvalue weighted by molar-refractivity contribution is -0.114. The summed E-state index contributed by atoms with van der Waals surface area (Å²) in [5.41, 5.74) is 2.92. The highest BCUT2D eigenvalue weighted by Gasteiger charge is 2.12. The topological polar surface area (TPSA) is 80.3 Å². The van der Waals surface area contributed by atoms with Gasteiger partial charge in [-0.15, -0.1) is 0 Å². The molecule has 0 atom stereocenters. The maximum atomic E-state index is 12.4. The van der Waals surface area contributed by atoms with Gasteiger partial charge in [-0.2, -0.15) is 0 Å². The van der Waals surface area contributed by atoms with Crippen molar-refractivity contribution in [2.75, 3.05) is 17.7 Å². The Balaban J connectivity index is 1.82. The van der Waals surface area contributed by atoms with Crippen molar-refractivity contribution in [3.63, 3.8) is 0 Å². The highest BCUT2D eigenvalue weighted by atomic mass is 32.1. The van der Waals surface area contributed by atoms with Crippen molar-refractivity contribution in [3.05, 3.63) is 47.5 Å². The number of carbonyl (C=O) groups is 2. The van der Waals surface area contributed by atoms with Crippen LogP contribution in [0.5, 0.6) is 5.75 Å². The fourth-order valence-electron chi connectivity index (χ4n) is 2.39. The molecule has 0 unspecified atom stereocenters. The van der Waals surface area contributed by atoms with Crippen LogP contribution in [0.3, 0.4) is 0 Å². The molecule has 6 nitrogen and oxygen atoms in total. The third-order valence-electron chi connectivity index (χ3n) is 3.60. The van der Waals surface area contributed by atoms with E-state index in [1.54, 1.807) is 25.3 Å². The van der Waals surface area contributed by atoms with Crippen LogP contribution < -0.4 is 15.4 Å². The zero-order valence-electron chi connectivity index (χ0n) is 14.0. The van der Waals surface area contributed by atoms with Crippen LogP contribution >= 0.6 is 11.3 Å². The van der Waals surface area contributed by atoms with E-state index < -0.39 is 0 Å². The normalized spacial score (nSPS) is 10.5. The van der Waals surface area contributed by atoms with Crippen LogP contribution in [0.2, 0.25) is 0 Å². The molecule has 0 fully saturated rings. The van der Waals surface area contributed by atoms with Crippen molar-refractivity contribution in [2.45, 2.75) is 13.8 Å². The van der Waals surface area contributed by atoms with Crippen molar-refractivity contribution in [1.82, 2.24) is 4.98 Å². The van der Waals surface area contributed by atoms with Crippen LogP contribution in [-0.2, 0) is 4.79 Å². The molecule has 0 saturated carbocycles. The molecule has 0 radical (unpaired) electrons. The predicted octanol–water partition coefficient (Wildman–Crippen LogP) is 3.82. The van der Waals surface area contributed by atoms with Gasteiger partial charge >= 0.3 is 0 Å². The Morgan fingerprint density at radius 3 is 2.64 bits per heavy atom. The van der Waals surface area contributed by atoms with Gasteiger partial charge in [-0.3, -0.25) is 14.9 Å². The lowest BCUT2D eigenvalue weighted by Gasteiger charge is -2.07. The Bertz CT molecular complexity index is 965. The number of aryl methyl sites for hydroxylation is 1. The van der Waals surface area contributed by atoms with E-state index in [0.717, 1.165) is 15.8 Å². The maximum absolute atomic E-state index is 12.4. The van der Waals surface area contributed by atoms with Crippen molar-refractivity contribution in [1.29, 1.82) is 0 Å². The van der Waals surface area contributed by atoms with Crippen molar-refractivity contribution >= 4 is 44.2 Å². The first-order valence-corrected chi connectivity index (χ1v) is 8.42. The summed E-state index contributed by atoms with van der Waals surface area (Å²) in [6.45, 7) is 3.37. The molecule has 2 aromatic carbocycles. The Kier molecular flexibility index (Phi) is 4.67. The summed E-state index contributed by atoms with van der Waals surface area (Å²) in [6.07, 6.45) is 0. The standard InChI is InChI=1S/C18H17N3O3S/c1-10-4-5-12(8-15(10)24-3)17(23)21-18-20-14-7-6-13(19-11(2)22)9-16(14)25-18/h4-9H,1-3H3,(H,19,22)(H,20,21,23). The molecule has 0 bridgehead atoms. The van der Waals surface area contributed by atoms with Crippen LogP contribution in [0.25, 0.3) is 10.2 Å². The number of aromatic nitrogens is 1. The number of ether oxygens (including phenoxy) is 1. The molecule has 0 aliphatic carbocycles. The molecular formula is C18H17N3O3S. The number of methoxy groups -OCH3 is 1. The highest BCUT2D eigenvalue weighted by molar-refractivity contribution is 7.22. The average molecular weight is 355 g/mol. The number of thiazole rings is 1. The van der Waals surface area contributed by atoms with E-state index in [0.29, 0.717) is 22.1 Å². The molecule has 128 valence electrons. The number of rotatable bonds is 4. The first-order chi connectivity index (χ1) is 12.0. The van der Waals surface area contributed by atoms with Crippen molar-refractivity contribution in [3.8, 4) is 5.75 Å². The number of hydrogen-bond donors (Lipinski definition) is 2. The molecular weight excluding hydrogens is 338 g/mol. The van der Waals surface area contributed by atoms with E-state index in [1.165, 1.54) is 18.3 Å². The molecule has 0 aliphatic rings. The van der Waals surface area contributed by atoms with Gasteiger partial charge in [0.25, 0.3) is 5.91 Å². The molecule has 25 heavy (non-hydrogen) atoms. The largest absolute Gasteiger partial charge is 0.496 e. The van der Waals surface area contributed by atoms with E-state index in [4.69, 9.17) is 4.74 Å². The van der Waals surface area contributed by atoms with Gasteiger partial charge in [0.2, 0.25) is 5.91 Å². The zero-order chi connectivity index (χ0) is 18.0. The Hall–Kier alpha value is -2.93. The van der Waals surface area contributed by atoms with Gasteiger partial charge in [-0.05, 0) is 42.8 Å². The van der Waals surface area contributed by atoms with Crippen molar-refractivity contribution in [2.24, 2.45) is 0 Å². The van der Waals surface area contributed by atoms with Crippen LogP contribution in [0.15, 0.2) is 36.4 Å². The molecule has 0 saturated heterocycles. The molecule has 7 heteroatoms. The summed E-state index contributed by atoms with van der Waals surface area (Å²) in [4.78, 5) is 28.0. The molecule has 0 aliphatic heterocycles. The molecule has 1 heterocycles. The zero-order valence-corrected chi connectivity index (χ0v) is 14.9. The second-order valence-corrected chi connectivity index (χ2v) is 6.55. The first kappa shape index (κ1) is 16.9. The van der Waals surface area contributed by atoms with E-state index in [1.807, 2.05) is 25.1 Å². The molecule has 1 aromatic heterocycles. The van der Waals surface area contributed by atoms with E-state index >= 15 is 0 Å². The Morgan fingerprint density at radius 2 is 1.92 bits per heavy atom. The third kappa shape index (κ3) is 3.77. The number of nitrogens with zero attached hydrogens (tertiary/aromatic N) is 1. The molecule has 2 amide bonds. The summed E-state index contributed by atoms with van der Waals surface area (Å²) in [6, 6.07) is 10.7. The van der Waals surface area contributed by atoms with Crippen LogP contribution in [0, 0.1) is 6.92 Å². The summed E-state index contributed by atoms with van der Waals surface area (Å²) in [5, 5.41) is 6.03. The Morgan fingerprint density at radius 1 is 1.12 bits per heavy atom. The van der Waals surface area contributed by atoms with Gasteiger partial charge in [-0.1, -0.05) is 17.4 Å². The van der Waals surface area contributed by atoms with Gasteiger partial charge in [0.05, 0.1) is 17.3 Å². The fourth-order valence-corrected chi connectivity index (χ4v) is 3.29. The van der Waals surface area contributed by atoms with E-state index in [2.05, 4.69) is 15.6 Å². The summed E-state index contributed by atoms with van der Waals surface area (Å²) in [5.74, 6) is 0.280. The van der Waals surface area contributed by atoms with Gasteiger partial charge in [0.15, 0.2) is 5.13 Å². The first-order valence-electron chi connectivity index (χ1n) is 7.60. The third-order valence-corrected chi connectivity index (χ3v) is 4.53. The lowest BCUT2D eigenvalue weighted by atomic mass is 10.1. The number of fused-ring (bicyclic) bond motifs is 1. The summed E-state index contributed by atoms with van der Waals surface area (Å²) >= 11 is 1.35. The highest BCUT2D eigenvalue weighted by Crippen LogP contribution is 2.29.